The molecule has 8 heteroatoms. The SMILES string of the molecule is C=CCN(c1ccc(OCC)cc1)S(=O)(=O)c1ccccc1[N+](=O)[O-]. The highest BCUT2D eigenvalue weighted by Crippen LogP contribution is 2.30. The molecule has 2 rings (SSSR count). The minimum atomic E-state index is -4.14. The molecule has 0 spiro atoms. The van der Waals surface area contributed by atoms with Crippen LogP contribution in [0.2, 0.25) is 0 Å². The van der Waals surface area contributed by atoms with Crippen LogP contribution in [-0.2, 0) is 10.0 Å². The van der Waals surface area contributed by atoms with E-state index in [0.717, 1.165) is 10.4 Å². The number of nitro benzene ring substituents is 1. The Morgan fingerprint density at radius 3 is 2.40 bits per heavy atom. The van der Waals surface area contributed by atoms with E-state index in [2.05, 4.69) is 6.58 Å². The van der Waals surface area contributed by atoms with Crippen LogP contribution < -0.4 is 9.04 Å². The Balaban J connectivity index is 2.52. The molecule has 0 radical (unpaired) electrons. The molecule has 0 heterocycles. The number of hydrogen-bond donors (Lipinski definition) is 0. The predicted molar refractivity (Wildman–Crippen MR) is 95.4 cm³/mol. The van der Waals surface area contributed by atoms with Gasteiger partial charge >= 0.3 is 0 Å². The second kappa shape index (κ2) is 7.80. The van der Waals surface area contributed by atoms with E-state index in [1.54, 1.807) is 24.3 Å². The lowest BCUT2D eigenvalue weighted by atomic mass is 10.3. The molecule has 0 bridgehead atoms. The summed E-state index contributed by atoms with van der Waals surface area (Å²) in [5.74, 6) is 0.605. The molecule has 132 valence electrons. The molecule has 0 amide bonds. The van der Waals surface area contributed by atoms with Crippen LogP contribution in [0.3, 0.4) is 0 Å². The molecule has 0 N–H and O–H groups in total. The number of rotatable bonds is 8. The maximum Gasteiger partial charge on any atom is 0.289 e. The van der Waals surface area contributed by atoms with Crippen LogP contribution in [0.4, 0.5) is 11.4 Å². The molecule has 0 atom stereocenters. The number of anilines is 1. The van der Waals surface area contributed by atoms with E-state index in [9.17, 15) is 18.5 Å². The van der Waals surface area contributed by atoms with Gasteiger partial charge in [-0.25, -0.2) is 8.42 Å². The van der Waals surface area contributed by atoms with Crippen LogP contribution in [-0.4, -0.2) is 26.5 Å². The van der Waals surface area contributed by atoms with Crippen molar-refractivity contribution >= 4 is 21.4 Å². The Kier molecular flexibility index (Phi) is 5.76. The molecule has 0 fully saturated rings. The van der Waals surface area contributed by atoms with Crippen molar-refractivity contribution in [3.63, 3.8) is 0 Å². The summed E-state index contributed by atoms with van der Waals surface area (Å²) in [5, 5.41) is 11.2. The van der Waals surface area contributed by atoms with Crippen molar-refractivity contribution in [3.05, 3.63) is 71.3 Å². The lowest BCUT2D eigenvalue weighted by Crippen LogP contribution is -2.31. The van der Waals surface area contributed by atoms with E-state index in [-0.39, 0.29) is 11.4 Å². The van der Waals surface area contributed by atoms with Gasteiger partial charge in [-0.3, -0.25) is 14.4 Å². The third-order valence-electron chi connectivity index (χ3n) is 3.36. The largest absolute Gasteiger partial charge is 0.494 e. The highest BCUT2D eigenvalue weighted by atomic mass is 32.2. The molecule has 0 saturated heterocycles. The Morgan fingerprint density at radius 1 is 1.20 bits per heavy atom. The zero-order chi connectivity index (χ0) is 18.4. The van der Waals surface area contributed by atoms with Crippen LogP contribution in [0.1, 0.15) is 6.92 Å². The average Bonchev–Trinajstić information content (AvgIpc) is 2.60. The number of hydrogen-bond acceptors (Lipinski definition) is 5. The third kappa shape index (κ3) is 3.97. The Hall–Kier alpha value is -2.87. The van der Waals surface area contributed by atoms with Gasteiger partial charge < -0.3 is 4.74 Å². The van der Waals surface area contributed by atoms with E-state index < -0.39 is 20.6 Å². The molecule has 0 saturated carbocycles. The van der Waals surface area contributed by atoms with Crippen molar-refractivity contribution in [2.75, 3.05) is 17.5 Å². The summed E-state index contributed by atoms with van der Waals surface area (Å²) >= 11 is 0. The molecule has 0 aliphatic carbocycles. The van der Waals surface area contributed by atoms with Gasteiger partial charge in [-0.2, -0.15) is 0 Å². The fourth-order valence-corrected chi connectivity index (χ4v) is 3.88. The van der Waals surface area contributed by atoms with Crippen molar-refractivity contribution in [1.82, 2.24) is 0 Å². The first-order valence-electron chi connectivity index (χ1n) is 7.51. The third-order valence-corrected chi connectivity index (χ3v) is 5.20. The van der Waals surface area contributed by atoms with Crippen LogP contribution in [0.5, 0.6) is 5.75 Å². The first-order chi connectivity index (χ1) is 11.9. The van der Waals surface area contributed by atoms with Gasteiger partial charge in [0.05, 0.1) is 23.8 Å². The second-order valence-electron chi connectivity index (χ2n) is 4.98. The first kappa shape index (κ1) is 18.5. The molecular weight excluding hydrogens is 344 g/mol. The lowest BCUT2D eigenvalue weighted by Gasteiger charge is -2.23. The number of ether oxygens (including phenoxy) is 1. The fraction of sp³-hybridized carbons (Fsp3) is 0.176. The molecule has 0 aliphatic heterocycles. The van der Waals surface area contributed by atoms with Crippen LogP contribution in [0, 0.1) is 10.1 Å². The van der Waals surface area contributed by atoms with Crippen LogP contribution in [0.15, 0.2) is 66.1 Å². The fourth-order valence-electron chi connectivity index (χ4n) is 2.28. The van der Waals surface area contributed by atoms with Crippen LogP contribution in [0.25, 0.3) is 0 Å². The van der Waals surface area contributed by atoms with Gasteiger partial charge in [0.1, 0.15) is 5.75 Å². The van der Waals surface area contributed by atoms with Gasteiger partial charge in [0.15, 0.2) is 4.90 Å². The standard InChI is InChI=1S/C17H18N2O5S/c1-3-13-18(14-9-11-15(12-10-14)24-4-2)25(22,23)17-8-6-5-7-16(17)19(20)21/h3,5-12H,1,4,13H2,2H3. The number of benzene rings is 2. The Morgan fingerprint density at radius 2 is 1.84 bits per heavy atom. The number of sulfonamides is 1. The summed E-state index contributed by atoms with van der Waals surface area (Å²) in [6.07, 6.45) is 1.42. The number of nitro groups is 1. The maximum absolute atomic E-state index is 13.0. The highest BCUT2D eigenvalue weighted by Gasteiger charge is 2.31. The maximum atomic E-state index is 13.0. The minimum Gasteiger partial charge on any atom is -0.494 e. The molecule has 25 heavy (non-hydrogen) atoms. The normalized spacial score (nSPS) is 10.9. The summed E-state index contributed by atoms with van der Waals surface area (Å²) in [5.41, 5.74) is -0.107. The molecule has 2 aromatic rings. The quantitative estimate of drug-likeness (QED) is 0.408. The minimum absolute atomic E-state index is 0.0254. The Labute approximate surface area is 146 Å². The summed E-state index contributed by atoms with van der Waals surface area (Å²) in [6, 6.07) is 11.7. The van der Waals surface area contributed by atoms with Crippen molar-refractivity contribution < 1.29 is 18.1 Å². The van der Waals surface area contributed by atoms with Gasteiger partial charge in [0, 0.05) is 6.07 Å². The smallest absolute Gasteiger partial charge is 0.289 e. The summed E-state index contributed by atoms with van der Waals surface area (Å²) in [6.45, 7) is 5.88. The molecule has 0 unspecified atom stereocenters. The van der Waals surface area contributed by atoms with E-state index in [4.69, 9.17) is 4.74 Å². The summed E-state index contributed by atoms with van der Waals surface area (Å²) in [7, 11) is -4.14. The lowest BCUT2D eigenvalue weighted by molar-refractivity contribution is -0.387. The second-order valence-corrected chi connectivity index (χ2v) is 6.81. The van der Waals surface area contributed by atoms with E-state index in [0.29, 0.717) is 18.0 Å². The zero-order valence-electron chi connectivity index (χ0n) is 13.7. The molecular formula is C17H18N2O5S. The van der Waals surface area contributed by atoms with Gasteiger partial charge in [0.2, 0.25) is 0 Å². The van der Waals surface area contributed by atoms with Crippen LogP contribution >= 0.6 is 0 Å². The summed E-state index contributed by atoms with van der Waals surface area (Å²) in [4.78, 5) is 10.1. The first-order valence-corrected chi connectivity index (χ1v) is 8.95. The van der Waals surface area contributed by atoms with E-state index in [1.807, 2.05) is 6.92 Å². The van der Waals surface area contributed by atoms with E-state index in [1.165, 1.54) is 24.3 Å². The predicted octanol–water partition coefficient (Wildman–Crippen LogP) is 3.37. The number of para-hydroxylation sites is 1. The highest BCUT2D eigenvalue weighted by molar-refractivity contribution is 7.93. The van der Waals surface area contributed by atoms with Gasteiger partial charge in [-0.15, -0.1) is 6.58 Å². The van der Waals surface area contributed by atoms with E-state index >= 15 is 0 Å². The zero-order valence-corrected chi connectivity index (χ0v) is 14.5. The molecule has 2 aromatic carbocycles. The van der Waals surface area contributed by atoms with Crippen molar-refractivity contribution in [2.24, 2.45) is 0 Å². The molecule has 7 nitrogen and oxygen atoms in total. The number of nitrogens with zero attached hydrogens (tertiary/aromatic N) is 2. The van der Waals surface area contributed by atoms with Crippen molar-refractivity contribution in [2.45, 2.75) is 11.8 Å². The van der Waals surface area contributed by atoms with Crippen molar-refractivity contribution in [1.29, 1.82) is 0 Å². The topological polar surface area (TPSA) is 89.8 Å². The monoisotopic (exact) mass is 362 g/mol. The van der Waals surface area contributed by atoms with Gasteiger partial charge in [-0.1, -0.05) is 18.2 Å². The molecule has 0 aliphatic rings. The average molecular weight is 362 g/mol. The summed E-state index contributed by atoms with van der Waals surface area (Å²) < 4.78 is 32.4. The van der Waals surface area contributed by atoms with Gasteiger partial charge in [0.25, 0.3) is 15.7 Å². The molecule has 0 aromatic heterocycles. The Bertz CT molecular complexity index is 863. The van der Waals surface area contributed by atoms with Crippen molar-refractivity contribution in [3.8, 4) is 5.75 Å². The van der Waals surface area contributed by atoms with Gasteiger partial charge in [-0.05, 0) is 37.3 Å².